The first kappa shape index (κ1) is 18.5. The summed E-state index contributed by atoms with van der Waals surface area (Å²) in [7, 11) is 0. The van der Waals surface area contributed by atoms with Crippen LogP contribution >= 0.6 is 0 Å². The molecule has 29 heavy (non-hydrogen) atoms. The normalized spacial score (nSPS) is 10.8. The zero-order valence-electron chi connectivity index (χ0n) is 16.2. The SMILES string of the molecule is CCCc1noc(-c2cccnc2-n2cnc(C(=O)Nc3cccc(C)c3)c2)n1. The number of hydrogen-bond donors (Lipinski definition) is 1. The lowest BCUT2D eigenvalue weighted by Crippen LogP contribution is -2.12. The van der Waals surface area contributed by atoms with E-state index in [-0.39, 0.29) is 11.6 Å². The Kier molecular flexibility index (Phi) is 5.15. The van der Waals surface area contributed by atoms with Gasteiger partial charge < -0.3 is 9.84 Å². The molecule has 0 atom stereocenters. The molecule has 0 aliphatic carbocycles. The number of rotatable bonds is 6. The highest BCUT2D eigenvalue weighted by molar-refractivity contribution is 6.02. The summed E-state index contributed by atoms with van der Waals surface area (Å²) < 4.78 is 7.07. The second-order valence-corrected chi connectivity index (χ2v) is 6.63. The largest absolute Gasteiger partial charge is 0.334 e. The molecule has 8 nitrogen and oxygen atoms in total. The van der Waals surface area contributed by atoms with Crippen LogP contribution in [0.25, 0.3) is 17.3 Å². The van der Waals surface area contributed by atoms with Gasteiger partial charge in [-0.05, 0) is 43.2 Å². The van der Waals surface area contributed by atoms with Crippen LogP contribution in [0.1, 0.15) is 35.2 Å². The Labute approximate surface area is 167 Å². The Morgan fingerprint density at radius 3 is 2.93 bits per heavy atom. The monoisotopic (exact) mass is 388 g/mol. The van der Waals surface area contributed by atoms with E-state index in [0.717, 1.165) is 24.1 Å². The van der Waals surface area contributed by atoms with Crippen molar-refractivity contribution in [3.05, 3.63) is 72.2 Å². The van der Waals surface area contributed by atoms with Crippen molar-refractivity contribution in [1.82, 2.24) is 24.7 Å². The van der Waals surface area contributed by atoms with E-state index >= 15 is 0 Å². The predicted molar refractivity (Wildman–Crippen MR) is 108 cm³/mol. The molecular formula is C21H20N6O2. The van der Waals surface area contributed by atoms with Gasteiger partial charge in [-0.3, -0.25) is 9.36 Å². The highest BCUT2D eigenvalue weighted by atomic mass is 16.5. The summed E-state index contributed by atoms with van der Waals surface area (Å²) in [5.41, 5.74) is 2.73. The van der Waals surface area contributed by atoms with Crippen LogP contribution < -0.4 is 5.32 Å². The van der Waals surface area contributed by atoms with E-state index < -0.39 is 0 Å². The zero-order valence-corrected chi connectivity index (χ0v) is 16.2. The van der Waals surface area contributed by atoms with E-state index in [2.05, 4.69) is 32.3 Å². The average Bonchev–Trinajstić information content (AvgIpc) is 3.38. The molecule has 8 heteroatoms. The second kappa shape index (κ2) is 8.05. The molecule has 0 spiro atoms. The van der Waals surface area contributed by atoms with Gasteiger partial charge >= 0.3 is 0 Å². The van der Waals surface area contributed by atoms with E-state index in [1.807, 2.05) is 37.3 Å². The topological polar surface area (TPSA) is 98.7 Å². The minimum Gasteiger partial charge on any atom is -0.334 e. The number of hydrogen-bond acceptors (Lipinski definition) is 6. The minimum atomic E-state index is -0.296. The van der Waals surface area contributed by atoms with Crippen LogP contribution in [-0.4, -0.2) is 30.6 Å². The third-order valence-electron chi connectivity index (χ3n) is 4.29. The number of benzene rings is 1. The number of anilines is 1. The Morgan fingerprint density at radius 1 is 1.21 bits per heavy atom. The summed E-state index contributed by atoms with van der Waals surface area (Å²) in [6.07, 6.45) is 6.50. The van der Waals surface area contributed by atoms with Crippen molar-refractivity contribution in [3.63, 3.8) is 0 Å². The molecule has 1 amide bonds. The lowest BCUT2D eigenvalue weighted by atomic mass is 10.2. The second-order valence-electron chi connectivity index (χ2n) is 6.63. The van der Waals surface area contributed by atoms with Gasteiger partial charge in [-0.15, -0.1) is 0 Å². The van der Waals surface area contributed by atoms with Gasteiger partial charge in [0.15, 0.2) is 11.6 Å². The van der Waals surface area contributed by atoms with Crippen LogP contribution in [0.5, 0.6) is 0 Å². The zero-order chi connectivity index (χ0) is 20.2. The summed E-state index contributed by atoms with van der Waals surface area (Å²) >= 11 is 0. The number of aromatic nitrogens is 5. The standard InChI is InChI=1S/C21H20N6O2/c1-3-6-18-25-21(29-26-18)16-9-5-10-22-19(16)27-12-17(23-13-27)20(28)24-15-8-4-7-14(2)11-15/h4-5,7-13H,3,6H2,1-2H3,(H,24,28). The number of amides is 1. The van der Waals surface area contributed by atoms with Crippen molar-refractivity contribution in [1.29, 1.82) is 0 Å². The van der Waals surface area contributed by atoms with Gasteiger partial charge in [-0.1, -0.05) is 24.2 Å². The third kappa shape index (κ3) is 4.06. The molecule has 0 aliphatic heterocycles. The first-order valence-electron chi connectivity index (χ1n) is 9.34. The summed E-state index contributed by atoms with van der Waals surface area (Å²) in [6, 6.07) is 11.2. The Balaban J connectivity index is 1.60. The van der Waals surface area contributed by atoms with Crippen molar-refractivity contribution in [2.45, 2.75) is 26.7 Å². The molecule has 0 bridgehead atoms. The minimum absolute atomic E-state index is 0.278. The van der Waals surface area contributed by atoms with E-state index in [1.54, 1.807) is 29.4 Å². The van der Waals surface area contributed by atoms with Crippen molar-refractivity contribution in [2.24, 2.45) is 0 Å². The first-order chi connectivity index (χ1) is 14.1. The van der Waals surface area contributed by atoms with Crippen molar-refractivity contribution < 1.29 is 9.32 Å². The third-order valence-corrected chi connectivity index (χ3v) is 4.29. The molecular weight excluding hydrogens is 368 g/mol. The van der Waals surface area contributed by atoms with Gasteiger partial charge in [0.05, 0.1) is 5.56 Å². The Hall–Kier alpha value is -3.81. The molecule has 3 aromatic heterocycles. The number of carbonyl (C=O) groups is 1. The van der Waals surface area contributed by atoms with Gasteiger partial charge in [-0.25, -0.2) is 9.97 Å². The van der Waals surface area contributed by atoms with Crippen LogP contribution in [-0.2, 0) is 6.42 Å². The van der Waals surface area contributed by atoms with Crippen LogP contribution in [0.2, 0.25) is 0 Å². The summed E-state index contributed by atoms with van der Waals surface area (Å²) in [5, 5.41) is 6.85. The molecule has 0 aliphatic rings. The molecule has 0 saturated carbocycles. The van der Waals surface area contributed by atoms with E-state index in [1.165, 1.54) is 0 Å². The maximum absolute atomic E-state index is 12.6. The van der Waals surface area contributed by atoms with Crippen molar-refractivity contribution >= 4 is 11.6 Å². The van der Waals surface area contributed by atoms with Gasteiger partial charge in [-0.2, -0.15) is 4.98 Å². The highest BCUT2D eigenvalue weighted by Gasteiger charge is 2.17. The molecule has 1 N–H and O–H groups in total. The lowest BCUT2D eigenvalue weighted by molar-refractivity contribution is 0.102. The summed E-state index contributed by atoms with van der Waals surface area (Å²) in [4.78, 5) is 25.6. The molecule has 146 valence electrons. The van der Waals surface area contributed by atoms with Gasteiger partial charge in [0.25, 0.3) is 11.8 Å². The molecule has 0 saturated heterocycles. The summed E-state index contributed by atoms with van der Waals surface area (Å²) in [5.74, 6) is 1.30. The first-order valence-corrected chi connectivity index (χ1v) is 9.34. The smallest absolute Gasteiger partial charge is 0.275 e. The number of aryl methyl sites for hydroxylation is 2. The predicted octanol–water partition coefficient (Wildman–Crippen LogP) is 3.83. The van der Waals surface area contributed by atoms with Crippen molar-refractivity contribution in [2.75, 3.05) is 5.32 Å². The van der Waals surface area contributed by atoms with E-state index in [0.29, 0.717) is 23.1 Å². The Bertz CT molecular complexity index is 1150. The summed E-state index contributed by atoms with van der Waals surface area (Å²) in [6.45, 7) is 4.02. The van der Waals surface area contributed by atoms with Gasteiger partial charge in [0.1, 0.15) is 12.0 Å². The molecule has 0 unspecified atom stereocenters. The molecule has 0 radical (unpaired) electrons. The van der Waals surface area contributed by atoms with Crippen molar-refractivity contribution in [3.8, 4) is 17.3 Å². The maximum atomic E-state index is 12.6. The molecule has 4 aromatic rings. The maximum Gasteiger partial charge on any atom is 0.275 e. The van der Waals surface area contributed by atoms with E-state index in [9.17, 15) is 4.79 Å². The van der Waals surface area contributed by atoms with E-state index in [4.69, 9.17) is 4.52 Å². The van der Waals surface area contributed by atoms with Crippen LogP contribution in [0.15, 0.2) is 59.6 Å². The fraction of sp³-hybridized carbons (Fsp3) is 0.190. The lowest BCUT2D eigenvalue weighted by Gasteiger charge is -2.05. The Morgan fingerprint density at radius 2 is 2.10 bits per heavy atom. The molecule has 1 aromatic carbocycles. The molecule has 3 heterocycles. The number of imidazole rings is 1. The highest BCUT2D eigenvalue weighted by Crippen LogP contribution is 2.24. The number of nitrogens with one attached hydrogen (secondary N) is 1. The quantitative estimate of drug-likeness (QED) is 0.539. The number of nitrogens with zero attached hydrogens (tertiary/aromatic N) is 5. The van der Waals surface area contributed by atoms with Crippen LogP contribution in [0.3, 0.4) is 0 Å². The number of carbonyl (C=O) groups excluding carboxylic acids is 1. The fourth-order valence-corrected chi connectivity index (χ4v) is 2.93. The van der Waals surface area contributed by atoms with Crippen LogP contribution in [0.4, 0.5) is 5.69 Å². The molecule has 4 rings (SSSR count). The fourth-order valence-electron chi connectivity index (χ4n) is 2.93. The van der Waals surface area contributed by atoms with Gasteiger partial charge in [0, 0.05) is 24.5 Å². The average molecular weight is 388 g/mol. The van der Waals surface area contributed by atoms with Crippen LogP contribution in [0, 0.1) is 6.92 Å². The number of pyridine rings is 1. The molecule has 0 fully saturated rings. The van der Waals surface area contributed by atoms with Gasteiger partial charge in [0.2, 0.25) is 0 Å².